The maximum absolute atomic E-state index is 11.1. The third-order valence-electron chi connectivity index (χ3n) is 3.64. The Kier molecular flexibility index (Phi) is 4.97. The van der Waals surface area contributed by atoms with Gasteiger partial charge in [0.15, 0.2) is 0 Å². The predicted molar refractivity (Wildman–Crippen MR) is 90.1 cm³/mol. The van der Waals surface area contributed by atoms with Gasteiger partial charge >= 0.3 is 0 Å². The summed E-state index contributed by atoms with van der Waals surface area (Å²) in [4.78, 5) is 15.5. The maximum atomic E-state index is 11.1. The number of carbonyl (C=O) groups is 1. The molecule has 0 spiro atoms. The topological polar surface area (TPSA) is 97.2 Å². The minimum Gasteiger partial charge on any atom is -0.497 e. The number of hydroxylamine groups is 1. The standard InChI is InChI=1S/C16H16N4O3S/c1-23-10-5-6-11-12(9-10)15(16-17-7-8-24-16)19-18-13(11)3-2-4-14(21)20-22/h5-9,22H,2-4H2,1H3,(H,20,21). The lowest BCUT2D eigenvalue weighted by Crippen LogP contribution is -2.18. The number of thiazole rings is 1. The summed E-state index contributed by atoms with van der Waals surface area (Å²) in [5, 5.41) is 21.8. The molecule has 2 heterocycles. The number of hydrogen-bond acceptors (Lipinski definition) is 7. The van der Waals surface area contributed by atoms with Gasteiger partial charge in [-0.2, -0.15) is 5.10 Å². The van der Waals surface area contributed by atoms with E-state index < -0.39 is 5.91 Å². The fourth-order valence-electron chi connectivity index (χ4n) is 2.47. The van der Waals surface area contributed by atoms with E-state index in [4.69, 9.17) is 9.94 Å². The second kappa shape index (κ2) is 7.33. The lowest BCUT2D eigenvalue weighted by atomic mass is 10.0. The second-order valence-corrected chi connectivity index (χ2v) is 6.03. The molecule has 0 bridgehead atoms. The highest BCUT2D eigenvalue weighted by molar-refractivity contribution is 7.13. The van der Waals surface area contributed by atoms with Gasteiger partial charge in [0.25, 0.3) is 0 Å². The van der Waals surface area contributed by atoms with Gasteiger partial charge in [-0.25, -0.2) is 10.5 Å². The molecule has 1 aromatic carbocycles. The zero-order valence-electron chi connectivity index (χ0n) is 13.0. The molecule has 2 N–H and O–H groups in total. The highest BCUT2D eigenvalue weighted by Gasteiger charge is 2.14. The van der Waals surface area contributed by atoms with Crippen LogP contribution in [-0.4, -0.2) is 33.4 Å². The quantitative estimate of drug-likeness (QED) is 0.527. The smallest absolute Gasteiger partial charge is 0.243 e. The van der Waals surface area contributed by atoms with E-state index in [-0.39, 0.29) is 6.42 Å². The molecule has 8 heteroatoms. The van der Waals surface area contributed by atoms with Crippen molar-refractivity contribution in [3.05, 3.63) is 35.5 Å². The van der Waals surface area contributed by atoms with Crippen LogP contribution in [0.25, 0.3) is 21.5 Å². The predicted octanol–water partition coefficient (Wildman–Crippen LogP) is 2.59. The number of benzene rings is 1. The van der Waals surface area contributed by atoms with Crippen molar-refractivity contribution in [2.45, 2.75) is 19.3 Å². The van der Waals surface area contributed by atoms with Gasteiger partial charge in [-0.3, -0.25) is 10.0 Å². The van der Waals surface area contributed by atoms with Crippen LogP contribution in [0, 0.1) is 0 Å². The molecule has 1 amide bonds. The van der Waals surface area contributed by atoms with Crippen molar-refractivity contribution in [1.82, 2.24) is 20.7 Å². The summed E-state index contributed by atoms with van der Waals surface area (Å²) in [7, 11) is 1.62. The molecular formula is C16H16N4O3S. The number of ether oxygens (including phenoxy) is 1. The number of fused-ring (bicyclic) bond motifs is 1. The molecule has 3 rings (SSSR count). The van der Waals surface area contributed by atoms with Gasteiger partial charge in [-0.05, 0) is 31.0 Å². The number of methoxy groups -OCH3 is 1. The van der Waals surface area contributed by atoms with E-state index in [1.807, 2.05) is 23.6 Å². The van der Waals surface area contributed by atoms with Gasteiger partial charge in [0.05, 0.1) is 12.8 Å². The number of hydrogen-bond donors (Lipinski definition) is 2. The maximum Gasteiger partial charge on any atom is 0.243 e. The first kappa shape index (κ1) is 16.3. The summed E-state index contributed by atoms with van der Waals surface area (Å²) >= 11 is 1.50. The normalized spacial score (nSPS) is 10.8. The number of rotatable bonds is 6. The van der Waals surface area contributed by atoms with Crippen LogP contribution in [0.4, 0.5) is 0 Å². The molecule has 0 aliphatic carbocycles. The zero-order chi connectivity index (χ0) is 16.9. The molecule has 0 aliphatic rings. The number of aromatic nitrogens is 3. The van der Waals surface area contributed by atoms with Crippen molar-refractivity contribution in [1.29, 1.82) is 0 Å². The first-order chi connectivity index (χ1) is 11.7. The molecule has 2 aromatic heterocycles. The number of nitrogens with one attached hydrogen (secondary N) is 1. The first-order valence-corrected chi connectivity index (χ1v) is 8.27. The van der Waals surface area contributed by atoms with E-state index >= 15 is 0 Å². The fraction of sp³-hybridized carbons (Fsp3) is 0.250. The van der Waals surface area contributed by atoms with Crippen LogP contribution in [0.15, 0.2) is 29.8 Å². The summed E-state index contributed by atoms with van der Waals surface area (Å²) in [5.41, 5.74) is 3.16. The molecule has 0 radical (unpaired) electrons. The molecule has 7 nitrogen and oxygen atoms in total. The van der Waals surface area contributed by atoms with Crippen molar-refractivity contribution in [2.75, 3.05) is 7.11 Å². The molecule has 24 heavy (non-hydrogen) atoms. The minimum absolute atomic E-state index is 0.226. The Morgan fingerprint density at radius 2 is 2.21 bits per heavy atom. The van der Waals surface area contributed by atoms with Gasteiger partial charge in [-0.1, -0.05) is 0 Å². The Hall–Kier alpha value is -2.58. The Bertz CT molecular complexity index is 852. The first-order valence-electron chi connectivity index (χ1n) is 7.39. The van der Waals surface area contributed by atoms with Crippen LogP contribution in [0.2, 0.25) is 0 Å². The second-order valence-electron chi connectivity index (χ2n) is 5.13. The summed E-state index contributed by atoms with van der Waals surface area (Å²) in [5.74, 6) is 0.326. The minimum atomic E-state index is -0.409. The molecular weight excluding hydrogens is 328 g/mol. The van der Waals surface area contributed by atoms with E-state index in [1.165, 1.54) is 11.3 Å². The molecule has 0 unspecified atom stereocenters. The van der Waals surface area contributed by atoms with E-state index in [0.717, 1.165) is 32.9 Å². The molecule has 124 valence electrons. The zero-order valence-corrected chi connectivity index (χ0v) is 13.8. The van der Waals surface area contributed by atoms with E-state index in [2.05, 4.69) is 15.2 Å². The number of carbonyl (C=O) groups excluding carboxylic acids is 1. The third kappa shape index (κ3) is 3.34. The van der Waals surface area contributed by atoms with Crippen molar-refractivity contribution in [3.8, 4) is 16.5 Å². The Balaban J connectivity index is 2.00. The van der Waals surface area contributed by atoms with Crippen LogP contribution in [0.5, 0.6) is 5.75 Å². The molecule has 0 aliphatic heterocycles. The third-order valence-corrected chi connectivity index (χ3v) is 4.42. The van der Waals surface area contributed by atoms with Gasteiger partial charge < -0.3 is 4.74 Å². The largest absolute Gasteiger partial charge is 0.497 e. The van der Waals surface area contributed by atoms with E-state index in [9.17, 15) is 4.79 Å². The summed E-state index contributed by atoms with van der Waals surface area (Å²) in [6.07, 6.45) is 3.11. The SMILES string of the molecule is COc1ccc2c(CCCC(=O)NO)nnc(-c3nccs3)c2c1. The Morgan fingerprint density at radius 3 is 2.92 bits per heavy atom. The summed E-state index contributed by atoms with van der Waals surface area (Å²) in [6, 6.07) is 5.74. The average Bonchev–Trinajstić information content (AvgIpc) is 3.15. The van der Waals surface area contributed by atoms with Gasteiger partial charge in [0.2, 0.25) is 5.91 Å². The van der Waals surface area contributed by atoms with Crippen LogP contribution in [-0.2, 0) is 11.2 Å². The molecule has 0 saturated heterocycles. The monoisotopic (exact) mass is 344 g/mol. The molecule has 0 saturated carbocycles. The van der Waals surface area contributed by atoms with Crippen LogP contribution in [0.1, 0.15) is 18.5 Å². The van der Waals surface area contributed by atoms with Gasteiger partial charge in [-0.15, -0.1) is 16.4 Å². The lowest BCUT2D eigenvalue weighted by molar-refractivity contribution is -0.129. The summed E-state index contributed by atoms with van der Waals surface area (Å²) < 4.78 is 5.32. The van der Waals surface area contributed by atoms with E-state index in [0.29, 0.717) is 12.8 Å². The van der Waals surface area contributed by atoms with Crippen molar-refractivity contribution in [3.63, 3.8) is 0 Å². The fourth-order valence-corrected chi connectivity index (χ4v) is 3.11. The van der Waals surface area contributed by atoms with Crippen molar-refractivity contribution < 1.29 is 14.7 Å². The highest BCUT2D eigenvalue weighted by atomic mass is 32.1. The number of amides is 1. The average molecular weight is 344 g/mol. The van der Waals surface area contributed by atoms with Crippen molar-refractivity contribution >= 4 is 28.0 Å². The number of nitrogens with zero attached hydrogens (tertiary/aromatic N) is 3. The Morgan fingerprint density at radius 1 is 1.33 bits per heavy atom. The molecule has 0 fully saturated rings. The number of aryl methyl sites for hydroxylation is 1. The molecule has 3 aromatic rings. The van der Waals surface area contributed by atoms with E-state index in [1.54, 1.807) is 18.8 Å². The lowest BCUT2D eigenvalue weighted by Gasteiger charge is -2.09. The van der Waals surface area contributed by atoms with Gasteiger partial charge in [0.1, 0.15) is 16.5 Å². The van der Waals surface area contributed by atoms with Crippen LogP contribution < -0.4 is 10.2 Å². The van der Waals surface area contributed by atoms with Crippen LogP contribution in [0.3, 0.4) is 0 Å². The van der Waals surface area contributed by atoms with Gasteiger partial charge in [0, 0.05) is 28.8 Å². The van der Waals surface area contributed by atoms with Crippen LogP contribution >= 0.6 is 11.3 Å². The molecule has 0 atom stereocenters. The highest BCUT2D eigenvalue weighted by Crippen LogP contribution is 2.31. The summed E-state index contributed by atoms with van der Waals surface area (Å²) in [6.45, 7) is 0. The Labute approximate surface area is 142 Å². The van der Waals surface area contributed by atoms with Crippen molar-refractivity contribution in [2.24, 2.45) is 0 Å².